The molecule has 0 fully saturated rings. The summed E-state index contributed by atoms with van der Waals surface area (Å²) < 4.78 is 5.28. The molecule has 1 aliphatic rings. The average Bonchev–Trinajstić information content (AvgIpc) is 2.53. The monoisotopic (exact) mass is 343 g/mol. The number of aromatic amines is 2. The largest absolute Gasteiger partial charge is 0.424 e. The van der Waals surface area contributed by atoms with Crippen LogP contribution in [-0.2, 0) is 0 Å². The number of allylic oxidation sites excluding steroid dienone is 1. The fraction of sp³-hybridized carbons (Fsp3) is 0.0714. The SMILES string of the molecule is N#CC1=C(N)Oc2[nH]c(=S)[nH]c(=O)c2C1c1ccccc1[N+](=O)[O-]. The van der Waals surface area contributed by atoms with Gasteiger partial charge in [0.25, 0.3) is 11.2 Å². The normalized spacial score (nSPS) is 16.0. The van der Waals surface area contributed by atoms with Crippen molar-refractivity contribution in [3.05, 3.63) is 72.1 Å². The van der Waals surface area contributed by atoms with Gasteiger partial charge in [0.05, 0.1) is 16.4 Å². The predicted molar refractivity (Wildman–Crippen MR) is 84.6 cm³/mol. The van der Waals surface area contributed by atoms with E-state index in [4.69, 9.17) is 22.7 Å². The first-order valence-electron chi connectivity index (χ1n) is 6.61. The fourth-order valence-corrected chi connectivity index (χ4v) is 2.78. The third-order valence-corrected chi connectivity index (χ3v) is 3.77. The van der Waals surface area contributed by atoms with Crippen LogP contribution < -0.4 is 16.0 Å². The van der Waals surface area contributed by atoms with Gasteiger partial charge in [-0.1, -0.05) is 18.2 Å². The Morgan fingerprint density at radius 1 is 1.38 bits per heavy atom. The minimum Gasteiger partial charge on any atom is -0.424 e. The van der Waals surface area contributed by atoms with Gasteiger partial charge in [-0.3, -0.25) is 19.9 Å². The van der Waals surface area contributed by atoms with Crippen LogP contribution in [0.1, 0.15) is 17.0 Å². The van der Waals surface area contributed by atoms with Gasteiger partial charge in [-0.25, -0.2) is 0 Å². The van der Waals surface area contributed by atoms with Crippen LogP contribution >= 0.6 is 12.2 Å². The highest BCUT2D eigenvalue weighted by molar-refractivity contribution is 7.71. The number of para-hydroxylation sites is 1. The van der Waals surface area contributed by atoms with Crippen molar-refractivity contribution >= 4 is 17.9 Å². The number of nitrogens with two attached hydrogens (primary N) is 1. The van der Waals surface area contributed by atoms with Gasteiger partial charge < -0.3 is 15.5 Å². The fourth-order valence-electron chi connectivity index (χ4n) is 2.60. The summed E-state index contributed by atoms with van der Waals surface area (Å²) in [4.78, 5) is 28.1. The van der Waals surface area contributed by atoms with Crippen LogP contribution in [0.2, 0.25) is 0 Å². The lowest BCUT2D eigenvalue weighted by molar-refractivity contribution is -0.385. The summed E-state index contributed by atoms with van der Waals surface area (Å²) in [6.45, 7) is 0. The van der Waals surface area contributed by atoms with Crippen molar-refractivity contribution in [3.8, 4) is 11.9 Å². The summed E-state index contributed by atoms with van der Waals surface area (Å²) in [6, 6.07) is 7.68. The highest BCUT2D eigenvalue weighted by atomic mass is 32.1. The molecule has 0 spiro atoms. The van der Waals surface area contributed by atoms with Crippen molar-refractivity contribution < 1.29 is 9.66 Å². The number of rotatable bonds is 2. The maximum absolute atomic E-state index is 12.4. The van der Waals surface area contributed by atoms with Crippen LogP contribution in [0.4, 0.5) is 5.69 Å². The van der Waals surface area contributed by atoms with Crippen LogP contribution in [0, 0.1) is 26.2 Å². The number of H-pyrrole nitrogens is 2. The number of hydrogen-bond acceptors (Lipinski definition) is 7. The van der Waals surface area contributed by atoms with E-state index in [1.54, 1.807) is 6.07 Å². The molecule has 0 aliphatic carbocycles. The zero-order valence-corrected chi connectivity index (χ0v) is 12.7. The van der Waals surface area contributed by atoms with Gasteiger partial charge in [-0.15, -0.1) is 0 Å². The first-order chi connectivity index (χ1) is 11.4. The molecule has 1 aliphatic heterocycles. The van der Waals surface area contributed by atoms with Crippen molar-refractivity contribution in [3.63, 3.8) is 0 Å². The number of nitrogens with zero attached hydrogens (tertiary/aromatic N) is 2. The minimum atomic E-state index is -1.05. The molecule has 0 amide bonds. The first-order valence-corrected chi connectivity index (χ1v) is 7.02. The van der Waals surface area contributed by atoms with E-state index in [9.17, 15) is 20.2 Å². The van der Waals surface area contributed by atoms with Gasteiger partial charge in [-0.2, -0.15) is 5.26 Å². The van der Waals surface area contributed by atoms with Crippen LogP contribution in [0.5, 0.6) is 5.88 Å². The van der Waals surface area contributed by atoms with Crippen molar-refractivity contribution in [2.75, 3.05) is 0 Å². The number of nitrogens with one attached hydrogen (secondary N) is 2. The van der Waals surface area contributed by atoms with Gasteiger partial charge in [0, 0.05) is 11.6 Å². The van der Waals surface area contributed by atoms with Gasteiger partial charge in [0.15, 0.2) is 4.77 Å². The molecule has 0 saturated carbocycles. The number of nitro groups is 1. The molecular weight excluding hydrogens is 334 g/mol. The number of benzene rings is 1. The Hall–Kier alpha value is -3.45. The molecule has 24 heavy (non-hydrogen) atoms. The molecule has 4 N–H and O–H groups in total. The minimum absolute atomic E-state index is 0.00338. The quantitative estimate of drug-likeness (QED) is 0.425. The Labute approximate surface area is 139 Å². The molecule has 0 saturated heterocycles. The van der Waals surface area contributed by atoms with Crippen molar-refractivity contribution in [1.82, 2.24) is 9.97 Å². The standard InChI is InChI=1S/C14H9N5O4S/c15-5-7-9(6-3-1-2-4-8(6)19(21)22)10-12(20)17-14(24)18-13(10)23-11(7)16/h1-4,9H,16H2,(H2,17,18,20,24). The van der Waals surface area contributed by atoms with E-state index in [1.807, 2.05) is 6.07 Å². The van der Waals surface area contributed by atoms with Gasteiger partial charge in [0.2, 0.25) is 11.8 Å². The highest BCUT2D eigenvalue weighted by Gasteiger charge is 2.37. The van der Waals surface area contributed by atoms with Gasteiger partial charge in [0.1, 0.15) is 11.6 Å². The Morgan fingerprint density at radius 2 is 2.08 bits per heavy atom. The molecule has 2 heterocycles. The van der Waals surface area contributed by atoms with E-state index in [0.29, 0.717) is 0 Å². The number of hydrogen-bond donors (Lipinski definition) is 3. The molecule has 1 aromatic carbocycles. The summed E-state index contributed by atoms with van der Waals surface area (Å²) in [5.41, 5.74) is 4.97. The zero-order chi connectivity index (χ0) is 17.4. The lowest BCUT2D eigenvalue weighted by Crippen LogP contribution is -2.29. The predicted octanol–water partition coefficient (Wildman–Crippen LogP) is 1.56. The van der Waals surface area contributed by atoms with Crippen molar-refractivity contribution in [1.29, 1.82) is 5.26 Å². The third-order valence-electron chi connectivity index (χ3n) is 3.56. The third kappa shape index (κ3) is 2.33. The Morgan fingerprint density at radius 3 is 2.75 bits per heavy atom. The van der Waals surface area contributed by atoms with Crippen LogP contribution in [0.3, 0.4) is 0 Å². The molecule has 120 valence electrons. The number of nitro benzene ring substituents is 1. The number of fused-ring (bicyclic) bond motifs is 1. The highest BCUT2D eigenvalue weighted by Crippen LogP contribution is 2.41. The van der Waals surface area contributed by atoms with E-state index in [1.165, 1.54) is 18.2 Å². The maximum atomic E-state index is 12.4. The van der Waals surface area contributed by atoms with Gasteiger partial charge >= 0.3 is 0 Å². The number of nitriles is 1. The number of ether oxygens (including phenoxy) is 1. The number of aromatic nitrogens is 2. The molecule has 3 rings (SSSR count). The van der Waals surface area contributed by atoms with Crippen LogP contribution in [-0.4, -0.2) is 14.9 Å². The molecule has 0 bridgehead atoms. The van der Waals surface area contributed by atoms with E-state index >= 15 is 0 Å². The molecule has 0 radical (unpaired) electrons. The smallest absolute Gasteiger partial charge is 0.273 e. The molecule has 1 unspecified atom stereocenters. The summed E-state index contributed by atoms with van der Waals surface area (Å²) in [5, 5.41) is 20.7. The van der Waals surface area contributed by atoms with E-state index in [2.05, 4.69) is 9.97 Å². The Balaban J connectivity index is 2.39. The zero-order valence-electron chi connectivity index (χ0n) is 11.9. The topological polar surface area (TPSA) is 151 Å². The first kappa shape index (κ1) is 15.4. The molecule has 2 aromatic rings. The summed E-state index contributed by atoms with van der Waals surface area (Å²) in [6.07, 6.45) is 0. The second kappa shape index (κ2) is 5.64. The summed E-state index contributed by atoms with van der Waals surface area (Å²) >= 11 is 4.88. The van der Waals surface area contributed by atoms with Gasteiger partial charge in [-0.05, 0) is 12.2 Å². The Kier molecular flexibility index (Phi) is 3.63. The second-order valence-electron chi connectivity index (χ2n) is 4.89. The lowest BCUT2D eigenvalue weighted by Gasteiger charge is -2.24. The van der Waals surface area contributed by atoms with Crippen LogP contribution in [0.15, 0.2) is 40.5 Å². The van der Waals surface area contributed by atoms with E-state index in [0.717, 1.165) is 0 Å². The summed E-state index contributed by atoms with van der Waals surface area (Å²) in [5.74, 6) is -1.33. The van der Waals surface area contributed by atoms with Crippen molar-refractivity contribution in [2.24, 2.45) is 5.73 Å². The molecule has 1 aromatic heterocycles. The van der Waals surface area contributed by atoms with Crippen molar-refractivity contribution in [2.45, 2.75) is 5.92 Å². The molecule has 10 heteroatoms. The molecular formula is C14H9N5O4S. The van der Waals surface area contributed by atoms with E-state index in [-0.39, 0.29) is 38.9 Å². The Bertz CT molecular complexity index is 1050. The average molecular weight is 343 g/mol. The maximum Gasteiger partial charge on any atom is 0.273 e. The summed E-state index contributed by atoms with van der Waals surface area (Å²) in [7, 11) is 0. The van der Waals surface area contributed by atoms with E-state index < -0.39 is 16.4 Å². The molecule has 9 nitrogen and oxygen atoms in total. The molecule has 1 atom stereocenters. The van der Waals surface area contributed by atoms with Crippen LogP contribution in [0.25, 0.3) is 0 Å². The second-order valence-corrected chi connectivity index (χ2v) is 5.30. The lowest BCUT2D eigenvalue weighted by atomic mass is 9.84.